The van der Waals surface area contributed by atoms with Crippen LogP contribution in [0.3, 0.4) is 0 Å². The smallest absolute Gasteiger partial charge is 0.269 e. The number of nitrogens with one attached hydrogen (secondary N) is 1. The molecule has 0 aliphatic carbocycles. The lowest BCUT2D eigenvalue weighted by Crippen LogP contribution is -2.01. The molecule has 1 aromatic carbocycles. The number of rotatable bonds is 6. The van der Waals surface area contributed by atoms with E-state index in [0.717, 1.165) is 10.5 Å². The number of imidazole rings is 1. The van der Waals surface area contributed by atoms with Crippen molar-refractivity contribution in [3.63, 3.8) is 0 Å². The average Bonchev–Trinajstić information content (AvgIpc) is 3.01. The van der Waals surface area contributed by atoms with Gasteiger partial charge in [0.05, 0.1) is 17.9 Å². The Balaban J connectivity index is 1.53. The van der Waals surface area contributed by atoms with Gasteiger partial charge in [0.15, 0.2) is 5.65 Å². The molecule has 0 spiro atoms. The maximum Gasteiger partial charge on any atom is 0.269 e. The van der Waals surface area contributed by atoms with Crippen molar-refractivity contribution < 1.29 is 9.66 Å². The van der Waals surface area contributed by atoms with Crippen molar-refractivity contribution >= 4 is 28.6 Å². The minimum atomic E-state index is -0.440. The van der Waals surface area contributed by atoms with Crippen LogP contribution in [0, 0.1) is 10.1 Å². The zero-order valence-electron chi connectivity index (χ0n) is 11.3. The zero-order valence-corrected chi connectivity index (χ0v) is 12.1. The highest BCUT2D eigenvalue weighted by atomic mass is 32.2. The molecule has 0 atom stereocenters. The third kappa shape index (κ3) is 3.14. The summed E-state index contributed by atoms with van der Waals surface area (Å²) in [7, 11) is 0. The van der Waals surface area contributed by atoms with Crippen LogP contribution in [0.15, 0.2) is 41.9 Å². The largest absolute Gasteiger partial charge is 0.493 e. The molecule has 112 valence electrons. The van der Waals surface area contributed by atoms with Crippen molar-refractivity contribution in [3.05, 3.63) is 47.0 Å². The molecule has 2 aromatic heterocycles. The highest BCUT2D eigenvalue weighted by Gasteiger charge is 2.07. The van der Waals surface area contributed by atoms with Crippen molar-refractivity contribution in [2.75, 3.05) is 12.4 Å². The number of aromatic nitrogens is 4. The molecule has 3 rings (SSSR count). The summed E-state index contributed by atoms with van der Waals surface area (Å²) in [6, 6.07) is 6.00. The molecule has 0 radical (unpaired) electrons. The number of ether oxygens (including phenoxy) is 1. The Morgan fingerprint density at radius 1 is 1.23 bits per heavy atom. The van der Waals surface area contributed by atoms with Crippen LogP contribution in [-0.2, 0) is 0 Å². The molecule has 0 bridgehead atoms. The van der Waals surface area contributed by atoms with Gasteiger partial charge in [-0.3, -0.25) is 10.1 Å². The Labute approximate surface area is 129 Å². The maximum absolute atomic E-state index is 10.6. The van der Waals surface area contributed by atoms with Gasteiger partial charge in [0.2, 0.25) is 0 Å². The molecular weight excluding hydrogens is 306 g/mol. The van der Waals surface area contributed by atoms with Crippen LogP contribution in [0.25, 0.3) is 11.2 Å². The second-order valence-corrected chi connectivity index (χ2v) is 5.31. The summed E-state index contributed by atoms with van der Waals surface area (Å²) in [5, 5.41) is 11.4. The Kier molecular flexibility index (Phi) is 4.15. The second-order valence-electron chi connectivity index (χ2n) is 4.23. The van der Waals surface area contributed by atoms with E-state index in [1.165, 1.54) is 30.2 Å². The first-order valence-corrected chi connectivity index (χ1v) is 7.37. The van der Waals surface area contributed by atoms with Gasteiger partial charge in [-0.15, -0.1) is 11.8 Å². The number of nitrogens with zero attached hydrogens (tertiary/aromatic N) is 4. The molecule has 22 heavy (non-hydrogen) atoms. The zero-order chi connectivity index (χ0) is 15.4. The standard InChI is InChI=1S/C13H11N5O3S/c19-18(20)9-1-3-10(4-2-9)21-5-6-22-13-11-12(15-7-14-11)16-8-17-13/h1-4,7-8H,5-6H2,(H,14,15,16,17). The van der Waals surface area contributed by atoms with Crippen molar-refractivity contribution in [3.8, 4) is 5.75 Å². The van der Waals surface area contributed by atoms with E-state index in [0.29, 0.717) is 23.8 Å². The molecule has 0 unspecified atom stereocenters. The number of fused-ring (bicyclic) bond motifs is 1. The molecule has 8 nitrogen and oxygen atoms in total. The molecule has 0 saturated carbocycles. The third-order valence-corrected chi connectivity index (χ3v) is 3.78. The molecule has 0 aliphatic heterocycles. The highest BCUT2D eigenvalue weighted by molar-refractivity contribution is 7.99. The number of H-pyrrole nitrogens is 1. The topological polar surface area (TPSA) is 107 Å². The molecule has 3 aromatic rings. The maximum atomic E-state index is 10.6. The number of aromatic amines is 1. The van der Waals surface area contributed by atoms with Gasteiger partial charge in [0, 0.05) is 17.9 Å². The molecule has 2 heterocycles. The third-order valence-electron chi connectivity index (χ3n) is 2.83. The van der Waals surface area contributed by atoms with Gasteiger partial charge in [-0.2, -0.15) is 0 Å². The lowest BCUT2D eigenvalue weighted by Gasteiger charge is -2.05. The SMILES string of the molecule is O=[N+]([O-])c1ccc(OCCSc2ncnc3nc[nH]c23)cc1. The average molecular weight is 317 g/mol. The minimum Gasteiger partial charge on any atom is -0.493 e. The van der Waals surface area contributed by atoms with Gasteiger partial charge in [-0.1, -0.05) is 0 Å². The summed E-state index contributed by atoms with van der Waals surface area (Å²) in [6.45, 7) is 0.460. The van der Waals surface area contributed by atoms with Gasteiger partial charge < -0.3 is 9.72 Å². The van der Waals surface area contributed by atoms with E-state index in [2.05, 4.69) is 19.9 Å². The van der Waals surface area contributed by atoms with Crippen molar-refractivity contribution in [2.24, 2.45) is 0 Å². The fourth-order valence-corrected chi connectivity index (χ4v) is 2.59. The van der Waals surface area contributed by atoms with Crippen LogP contribution in [0.2, 0.25) is 0 Å². The molecule has 0 aliphatic rings. The van der Waals surface area contributed by atoms with E-state index >= 15 is 0 Å². The van der Waals surface area contributed by atoms with Gasteiger partial charge >= 0.3 is 0 Å². The Bertz CT molecular complexity index is 790. The number of nitro benzene ring substituents is 1. The first-order valence-electron chi connectivity index (χ1n) is 6.38. The fraction of sp³-hybridized carbons (Fsp3) is 0.154. The Morgan fingerprint density at radius 2 is 2.05 bits per heavy atom. The first-order chi connectivity index (χ1) is 10.7. The number of hydrogen-bond donors (Lipinski definition) is 1. The quantitative estimate of drug-likeness (QED) is 0.244. The molecule has 9 heteroatoms. The van der Waals surface area contributed by atoms with Crippen LogP contribution < -0.4 is 4.74 Å². The fourth-order valence-electron chi connectivity index (χ4n) is 1.81. The highest BCUT2D eigenvalue weighted by Crippen LogP contribution is 2.22. The van der Waals surface area contributed by atoms with Crippen LogP contribution >= 0.6 is 11.8 Å². The van der Waals surface area contributed by atoms with E-state index in [-0.39, 0.29) is 5.69 Å². The summed E-state index contributed by atoms with van der Waals surface area (Å²) < 4.78 is 5.54. The summed E-state index contributed by atoms with van der Waals surface area (Å²) in [5.41, 5.74) is 1.49. The summed E-state index contributed by atoms with van der Waals surface area (Å²) >= 11 is 1.53. The Hall–Kier alpha value is -2.68. The van der Waals surface area contributed by atoms with Gasteiger partial charge in [0.1, 0.15) is 22.6 Å². The Morgan fingerprint density at radius 3 is 2.82 bits per heavy atom. The predicted molar refractivity (Wildman–Crippen MR) is 81.0 cm³/mol. The van der Waals surface area contributed by atoms with Crippen LogP contribution in [-0.4, -0.2) is 37.2 Å². The minimum absolute atomic E-state index is 0.0457. The molecule has 0 amide bonds. The van der Waals surface area contributed by atoms with Crippen LogP contribution in [0.1, 0.15) is 0 Å². The molecule has 0 saturated heterocycles. The number of benzene rings is 1. The van der Waals surface area contributed by atoms with Crippen molar-refractivity contribution in [1.29, 1.82) is 0 Å². The van der Waals surface area contributed by atoms with Crippen molar-refractivity contribution in [2.45, 2.75) is 5.03 Å². The van der Waals surface area contributed by atoms with Crippen molar-refractivity contribution in [1.82, 2.24) is 19.9 Å². The number of nitro groups is 1. The monoisotopic (exact) mass is 317 g/mol. The molecular formula is C13H11N5O3S. The van der Waals surface area contributed by atoms with Gasteiger partial charge in [0.25, 0.3) is 5.69 Å². The lowest BCUT2D eigenvalue weighted by atomic mass is 10.3. The lowest BCUT2D eigenvalue weighted by molar-refractivity contribution is -0.384. The number of hydrogen-bond acceptors (Lipinski definition) is 7. The second kappa shape index (κ2) is 6.39. The molecule has 1 N–H and O–H groups in total. The van der Waals surface area contributed by atoms with E-state index in [1.807, 2.05) is 0 Å². The van der Waals surface area contributed by atoms with Gasteiger partial charge in [-0.25, -0.2) is 15.0 Å². The van der Waals surface area contributed by atoms with E-state index < -0.39 is 4.92 Å². The van der Waals surface area contributed by atoms with E-state index in [1.54, 1.807) is 18.5 Å². The van der Waals surface area contributed by atoms with Crippen LogP contribution in [0.4, 0.5) is 5.69 Å². The summed E-state index contributed by atoms with van der Waals surface area (Å²) in [4.78, 5) is 25.4. The molecule has 0 fully saturated rings. The normalized spacial score (nSPS) is 10.7. The van der Waals surface area contributed by atoms with E-state index in [9.17, 15) is 10.1 Å². The van der Waals surface area contributed by atoms with Gasteiger partial charge in [-0.05, 0) is 12.1 Å². The predicted octanol–water partition coefficient (Wildman–Crippen LogP) is 2.43. The van der Waals surface area contributed by atoms with E-state index in [4.69, 9.17) is 4.74 Å². The number of thioether (sulfide) groups is 1. The van der Waals surface area contributed by atoms with Crippen LogP contribution in [0.5, 0.6) is 5.75 Å². The first kappa shape index (κ1) is 14.3. The summed E-state index contributed by atoms with van der Waals surface area (Å²) in [6.07, 6.45) is 3.06. The number of non-ortho nitro benzene ring substituents is 1. The summed E-state index contributed by atoms with van der Waals surface area (Å²) in [5.74, 6) is 1.28.